The van der Waals surface area contributed by atoms with Crippen LogP contribution in [-0.4, -0.2) is 37.3 Å². The van der Waals surface area contributed by atoms with Crippen molar-refractivity contribution >= 4 is 11.6 Å². The van der Waals surface area contributed by atoms with Crippen LogP contribution >= 0.6 is 11.6 Å². The Bertz CT molecular complexity index is 484. The fraction of sp³-hybridized carbons (Fsp3) is 0.538. The van der Waals surface area contributed by atoms with Gasteiger partial charge in [0.25, 0.3) is 0 Å². The second-order valence-electron chi connectivity index (χ2n) is 4.93. The average Bonchev–Trinajstić information content (AvgIpc) is 2.76. The van der Waals surface area contributed by atoms with Gasteiger partial charge in [0.15, 0.2) is 11.5 Å². The highest BCUT2D eigenvalue weighted by atomic mass is 35.5. The van der Waals surface area contributed by atoms with Crippen molar-refractivity contribution in [3.63, 3.8) is 0 Å². The number of nitrogens with two attached hydrogens (primary N) is 1. The van der Waals surface area contributed by atoms with Crippen molar-refractivity contribution in [3.05, 3.63) is 22.5 Å². The van der Waals surface area contributed by atoms with Gasteiger partial charge in [-0.25, -0.2) is 4.39 Å². The number of benzene rings is 1. The second kappa shape index (κ2) is 5.53. The molecule has 0 aliphatic carbocycles. The molecule has 0 bridgehead atoms. The van der Waals surface area contributed by atoms with Crippen LogP contribution in [0.1, 0.15) is 18.0 Å². The number of halogens is 2. The quantitative estimate of drug-likeness (QED) is 0.895. The molecule has 1 saturated heterocycles. The Labute approximate surface area is 116 Å². The van der Waals surface area contributed by atoms with Crippen LogP contribution in [0.2, 0.25) is 5.02 Å². The summed E-state index contributed by atoms with van der Waals surface area (Å²) in [6.07, 6.45) is 0.743. The fourth-order valence-electron chi connectivity index (χ4n) is 2.69. The Hall–Kier alpha value is -1.04. The number of nitrogens with zero attached hydrogens (tertiary/aromatic N) is 1. The Balaban J connectivity index is 2.47. The fourth-order valence-corrected chi connectivity index (χ4v) is 2.96. The van der Waals surface area contributed by atoms with Crippen LogP contribution in [-0.2, 0) is 0 Å². The topological polar surface area (TPSA) is 58.7 Å². The van der Waals surface area contributed by atoms with E-state index in [2.05, 4.69) is 0 Å². The number of likely N-dealkylation sites (tertiary alicyclic amines) is 1. The summed E-state index contributed by atoms with van der Waals surface area (Å²) in [5.74, 6) is -0.263. The number of aromatic hydroxyl groups is 1. The number of rotatable bonds is 3. The molecule has 1 fully saturated rings. The van der Waals surface area contributed by atoms with Gasteiger partial charge in [0.2, 0.25) is 0 Å². The van der Waals surface area contributed by atoms with Gasteiger partial charge in [-0.1, -0.05) is 11.6 Å². The van der Waals surface area contributed by atoms with Gasteiger partial charge in [0, 0.05) is 24.2 Å². The minimum absolute atomic E-state index is 0.0483. The highest BCUT2D eigenvalue weighted by Crippen LogP contribution is 2.46. The molecule has 1 heterocycles. The Kier molecular flexibility index (Phi) is 4.18. The lowest BCUT2D eigenvalue weighted by Gasteiger charge is -2.23. The third-order valence-corrected chi connectivity index (χ3v) is 4.10. The first-order chi connectivity index (χ1) is 8.99. The van der Waals surface area contributed by atoms with Crippen molar-refractivity contribution in [2.75, 3.05) is 27.2 Å². The lowest BCUT2D eigenvalue weighted by Crippen LogP contribution is -2.21. The smallest absolute Gasteiger partial charge is 0.164 e. The average molecular weight is 289 g/mol. The molecule has 2 unspecified atom stereocenters. The molecule has 2 atom stereocenters. The zero-order chi connectivity index (χ0) is 14.2. The number of hydrogen-bond donors (Lipinski definition) is 2. The normalized spacial score (nSPS) is 23.8. The van der Waals surface area contributed by atoms with Crippen molar-refractivity contribution in [3.8, 4) is 11.5 Å². The molecule has 19 heavy (non-hydrogen) atoms. The number of phenols is 1. The summed E-state index contributed by atoms with van der Waals surface area (Å²) < 4.78 is 18.8. The van der Waals surface area contributed by atoms with E-state index in [0.717, 1.165) is 19.0 Å². The first-order valence-electron chi connectivity index (χ1n) is 6.14. The van der Waals surface area contributed by atoms with Crippen molar-refractivity contribution in [2.45, 2.75) is 12.5 Å². The molecule has 1 aliphatic heterocycles. The Morgan fingerprint density at radius 2 is 2.32 bits per heavy atom. The molecule has 1 aromatic carbocycles. The van der Waals surface area contributed by atoms with Crippen LogP contribution in [0, 0.1) is 11.7 Å². The van der Waals surface area contributed by atoms with Gasteiger partial charge in [0.05, 0.1) is 12.1 Å². The lowest BCUT2D eigenvalue weighted by molar-refractivity contribution is 0.299. The largest absolute Gasteiger partial charge is 0.504 e. The monoisotopic (exact) mass is 288 g/mol. The molecule has 4 nitrogen and oxygen atoms in total. The molecule has 0 aromatic heterocycles. The van der Waals surface area contributed by atoms with Crippen LogP contribution in [0.5, 0.6) is 11.5 Å². The van der Waals surface area contributed by atoms with E-state index in [4.69, 9.17) is 22.1 Å². The van der Waals surface area contributed by atoms with Gasteiger partial charge in [-0.2, -0.15) is 0 Å². The standard InChI is InChI=1S/C13H18ClFN2O2/c1-17-6-7(5-16)3-9(17)11-12(14)8(15)4-10(19-2)13(11)18/h4,7,9,18H,3,5-6,16H2,1-2H3. The van der Waals surface area contributed by atoms with Gasteiger partial charge in [-0.3, -0.25) is 4.90 Å². The van der Waals surface area contributed by atoms with E-state index in [1.54, 1.807) is 0 Å². The molecule has 0 spiro atoms. The third-order valence-electron chi connectivity index (χ3n) is 3.71. The molecule has 106 valence electrons. The number of phenolic OH excluding ortho intramolecular Hbond substituents is 1. The molecule has 2 rings (SSSR count). The van der Waals surface area contributed by atoms with E-state index in [0.29, 0.717) is 18.0 Å². The van der Waals surface area contributed by atoms with Gasteiger partial charge < -0.3 is 15.6 Å². The molecule has 0 radical (unpaired) electrons. The van der Waals surface area contributed by atoms with E-state index in [1.807, 2.05) is 11.9 Å². The Morgan fingerprint density at radius 3 is 2.84 bits per heavy atom. The first kappa shape index (κ1) is 14.4. The van der Waals surface area contributed by atoms with E-state index in [9.17, 15) is 9.50 Å². The number of ether oxygens (including phenoxy) is 1. The predicted molar refractivity (Wildman–Crippen MR) is 72.2 cm³/mol. The molecule has 0 saturated carbocycles. The van der Waals surface area contributed by atoms with E-state index >= 15 is 0 Å². The summed E-state index contributed by atoms with van der Waals surface area (Å²) >= 11 is 6.02. The van der Waals surface area contributed by atoms with Gasteiger partial charge >= 0.3 is 0 Å². The molecule has 0 amide bonds. The SMILES string of the molecule is COc1cc(F)c(Cl)c(C2CC(CN)CN2C)c1O. The molecular weight excluding hydrogens is 271 g/mol. The van der Waals surface area contributed by atoms with Gasteiger partial charge in [-0.05, 0) is 25.9 Å². The molecule has 3 N–H and O–H groups in total. The maximum absolute atomic E-state index is 13.8. The van der Waals surface area contributed by atoms with E-state index < -0.39 is 5.82 Å². The zero-order valence-corrected chi connectivity index (χ0v) is 11.7. The number of hydrogen-bond acceptors (Lipinski definition) is 4. The summed E-state index contributed by atoms with van der Waals surface area (Å²) in [4.78, 5) is 2.03. The molecule has 1 aliphatic rings. The summed E-state index contributed by atoms with van der Waals surface area (Å²) in [5, 5.41) is 10.1. The van der Waals surface area contributed by atoms with Crippen LogP contribution in [0.4, 0.5) is 4.39 Å². The summed E-state index contributed by atoms with van der Waals surface area (Å²) in [5.41, 5.74) is 6.06. The minimum Gasteiger partial charge on any atom is -0.504 e. The van der Waals surface area contributed by atoms with E-state index in [-0.39, 0.29) is 22.6 Å². The highest BCUT2D eigenvalue weighted by Gasteiger charge is 2.34. The molecular formula is C13H18ClFN2O2. The van der Waals surface area contributed by atoms with E-state index in [1.165, 1.54) is 7.11 Å². The van der Waals surface area contributed by atoms with Crippen LogP contribution < -0.4 is 10.5 Å². The van der Waals surface area contributed by atoms with Crippen LogP contribution in [0.25, 0.3) is 0 Å². The second-order valence-corrected chi connectivity index (χ2v) is 5.31. The van der Waals surface area contributed by atoms with Crippen LogP contribution in [0.15, 0.2) is 6.07 Å². The van der Waals surface area contributed by atoms with Gasteiger partial charge in [-0.15, -0.1) is 0 Å². The highest BCUT2D eigenvalue weighted by molar-refractivity contribution is 6.31. The van der Waals surface area contributed by atoms with Crippen molar-refractivity contribution in [1.29, 1.82) is 0 Å². The molecule has 1 aromatic rings. The summed E-state index contributed by atoms with van der Waals surface area (Å²) in [6, 6.07) is 0.946. The predicted octanol–water partition coefficient (Wildman–Crippen LogP) is 2.14. The zero-order valence-electron chi connectivity index (χ0n) is 11.0. The maximum Gasteiger partial charge on any atom is 0.164 e. The lowest BCUT2D eigenvalue weighted by atomic mass is 9.98. The minimum atomic E-state index is -0.587. The third kappa shape index (κ3) is 2.50. The number of methoxy groups -OCH3 is 1. The van der Waals surface area contributed by atoms with Crippen LogP contribution in [0.3, 0.4) is 0 Å². The molecule has 6 heteroatoms. The van der Waals surface area contributed by atoms with Gasteiger partial charge in [0.1, 0.15) is 5.82 Å². The summed E-state index contributed by atoms with van der Waals surface area (Å²) in [7, 11) is 3.29. The summed E-state index contributed by atoms with van der Waals surface area (Å²) in [6.45, 7) is 1.36. The maximum atomic E-state index is 13.8. The van der Waals surface area contributed by atoms with Crippen molar-refractivity contribution in [2.24, 2.45) is 11.7 Å². The Morgan fingerprint density at radius 1 is 1.63 bits per heavy atom. The van der Waals surface area contributed by atoms with Crippen molar-refractivity contribution < 1.29 is 14.2 Å². The first-order valence-corrected chi connectivity index (χ1v) is 6.52. The van der Waals surface area contributed by atoms with Crippen molar-refractivity contribution in [1.82, 2.24) is 4.90 Å².